The van der Waals surface area contributed by atoms with E-state index in [2.05, 4.69) is 9.98 Å². The molecular formula is C26H26Cu2N2O4+8. The van der Waals surface area contributed by atoms with Crippen LogP contribution in [0, 0.1) is 0 Å². The molecule has 0 fully saturated rings. The van der Waals surface area contributed by atoms with E-state index in [-0.39, 0.29) is 34.1 Å². The van der Waals surface area contributed by atoms with Crippen molar-refractivity contribution in [1.82, 2.24) is 0 Å². The third-order valence-corrected chi connectivity index (χ3v) is 4.42. The van der Waals surface area contributed by atoms with Gasteiger partial charge in [-0.3, -0.25) is 0 Å². The van der Waals surface area contributed by atoms with Crippen LogP contribution in [0.2, 0.25) is 0 Å². The van der Waals surface area contributed by atoms with Crippen molar-refractivity contribution >= 4 is 23.8 Å². The van der Waals surface area contributed by atoms with Crippen LogP contribution >= 0.6 is 0 Å². The molecule has 4 aromatic carbocycles. The van der Waals surface area contributed by atoms with Gasteiger partial charge in [0.15, 0.2) is 11.4 Å². The molecule has 0 unspecified atom stereocenters. The number of benzene rings is 4. The molecule has 8 N–H and O–H groups in total. The quantitative estimate of drug-likeness (QED) is 0.198. The molecule has 0 spiro atoms. The van der Waals surface area contributed by atoms with Crippen molar-refractivity contribution < 1.29 is 54.6 Å². The fourth-order valence-electron chi connectivity index (χ4n) is 2.67. The minimum absolute atomic E-state index is 0. The van der Waals surface area contributed by atoms with Crippen LogP contribution in [0.4, 0.5) is 11.4 Å². The molecule has 6 nitrogen and oxygen atoms in total. The van der Waals surface area contributed by atoms with Gasteiger partial charge in [0.25, 0.3) is 23.0 Å². The largest absolute Gasteiger partial charge is 2.00 e. The molecule has 0 aliphatic rings. The van der Waals surface area contributed by atoms with Crippen LogP contribution in [0.25, 0.3) is 0 Å². The van der Waals surface area contributed by atoms with Gasteiger partial charge in [0.2, 0.25) is 0 Å². The maximum Gasteiger partial charge on any atom is 2.00 e. The van der Waals surface area contributed by atoms with Crippen LogP contribution in [0.5, 0.6) is 23.0 Å². The van der Waals surface area contributed by atoms with Gasteiger partial charge in [0, 0.05) is 36.7 Å². The molecule has 0 aliphatic heterocycles. The first-order valence-electron chi connectivity index (χ1n) is 9.85. The Kier molecular flexibility index (Phi) is 12.2. The predicted molar refractivity (Wildman–Crippen MR) is 133 cm³/mol. The summed E-state index contributed by atoms with van der Waals surface area (Å²) < 4.78 is 0. The summed E-state index contributed by atoms with van der Waals surface area (Å²) in [6.45, 7) is 0. The van der Waals surface area contributed by atoms with Gasteiger partial charge < -0.3 is 20.4 Å². The average Bonchev–Trinajstić information content (AvgIpc) is 2.80. The van der Waals surface area contributed by atoms with Gasteiger partial charge in [-0.25, -0.2) is 9.98 Å². The Balaban J connectivity index is 0.000000321. The molecule has 178 valence electrons. The summed E-state index contributed by atoms with van der Waals surface area (Å²) in [4.78, 5) is 8.41. The Hall–Kier alpha value is -3.54. The normalized spacial score (nSPS) is 10.1. The zero-order chi connectivity index (χ0) is 22.8. The van der Waals surface area contributed by atoms with Crippen molar-refractivity contribution in [3.8, 4) is 23.0 Å². The van der Waals surface area contributed by atoms with Crippen molar-refractivity contribution in [2.24, 2.45) is 9.98 Å². The Labute approximate surface area is 218 Å². The summed E-state index contributed by atoms with van der Waals surface area (Å²) in [5.41, 5.74) is 2.74. The van der Waals surface area contributed by atoms with E-state index in [4.69, 9.17) is 20.4 Å². The van der Waals surface area contributed by atoms with E-state index in [1.807, 2.05) is 48.5 Å². The zero-order valence-electron chi connectivity index (χ0n) is 17.9. The molecule has 4 aromatic rings. The monoisotopic (exact) mass is 556 g/mol. The second kappa shape index (κ2) is 14.6. The van der Waals surface area contributed by atoms with Gasteiger partial charge in [-0.15, -0.1) is 0 Å². The van der Waals surface area contributed by atoms with Gasteiger partial charge >= 0.3 is 34.1 Å². The van der Waals surface area contributed by atoms with Crippen LogP contribution < -0.4 is 0 Å². The molecule has 0 heterocycles. The molecule has 0 bridgehead atoms. The van der Waals surface area contributed by atoms with Crippen LogP contribution in [-0.2, 0) is 34.1 Å². The van der Waals surface area contributed by atoms with Crippen molar-refractivity contribution in [3.05, 3.63) is 108 Å². The van der Waals surface area contributed by atoms with E-state index in [0.29, 0.717) is 34.4 Å². The fraction of sp³-hybridized carbons (Fsp3) is 0. The predicted octanol–water partition coefficient (Wildman–Crippen LogP) is 4.62. The first-order valence-corrected chi connectivity index (χ1v) is 9.85. The van der Waals surface area contributed by atoms with Crippen molar-refractivity contribution in [2.45, 2.75) is 0 Å². The van der Waals surface area contributed by atoms with Gasteiger partial charge in [0.1, 0.15) is 0 Å². The number of para-hydroxylation sites is 6. The molecule has 0 aromatic heterocycles. The SMILES string of the molecule is [Cu+2].[Cu+2].[OH2+]c1ccccc1C=Nc1ccccc1[OH2+].[OH2+]c1ccccc1C=Nc1ccccc1[OH2+]. The van der Waals surface area contributed by atoms with E-state index in [1.54, 1.807) is 61.0 Å². The van der Waals surface area contributed by atoms with Crippen LogP contribution in [-0.4, -0.2) is 32.9 Å². The summed E-state index contributed by atoms with van der Waals surface area (Å²) in [5, 5.41) is 30.6. The smallest absolute Gasteiger partial charge is 0.593 e. The average molecular weight is 558 g/mol. The van der Waals surface area contributed by atoms with Gasteiger partial charge in [-0.2, -0.15) is 0 Å². The topological polar surface area (TPSA) is 116 Å². The molecule has 4 rings (SSSR count). The van der Waals surface area contributed by atoms with E-state index in [0.717, 1.165) is 11.1 Å². The van der Waals surface area contributed by atoms with Crippen LogP contribution in [0.15, 0.2) is 107 Å². The molecule has 0 saturated carbocycles. The summed E-state index contributed by atoms with van der Waals surface area (Å²) in [7, 11) is 0. The Bertz CT molecular complexity index is 1050. The molecule has 34 heavy (non-hydrogen) atoms. The Morgan fingerprint density at radius 3 is 1.03 bits per heavy atom. The third kappa shape index (κ3) is 8.43. The van der Waals surface area contributed by atoms with Gasteiger partial charge in [-0.1, -0.05) is 48.5 Å². The zero-order valence-corrected chi connectivity index (χ0v) is 19.8. The molecule has 0 aliphatic carbocycles. The van der Waals surface area contributed by atoms with Crippen molar-refractivity contribution in [2.75, 3.05) is 0 Å². The number of nitrogens with zero attached hydrogens (tertiary/aromatic N) is 2. The Morgan fingerprint density at radius 1 is 0.412 bits per heavy atom. The third-order valence-electron chi connectivity index (χ3n) is 4.42. The second-order valence-electron chi connectivity index (χ2n) is 6.73. The molecule has 0 saturated heterocycles. The van der Waals surface area contributed by atoms with E-state index >= 15 is 0 Å². The molecule has 2 radical (unpaired) electrons. The standard InChI is InChI=1S/2C13H11NO2.2Cu/c2*15-12-7-3-1-5-10(12)9-14-11-6-2-4-8-13(11)16;;/h2*1-9,15-16H;;/q;;2*+2/p+4. The maximum absolute atomic E-state index is 7.65. The number of aliphatic imine (C=N–C) groups is 2. The van der Waals surface area contributed by atoms with Gasteiger partial charge in [0.05, 0.1) is 11.1 Å². The summed E-state index contributed by atoms with van der Waals surface area (Å²) in [5.74, 6) is 1.66. The van der Waals surface area contributed by atoms with Crippen molar-refractivity contribution in [3.63, 3.8) is 0 Å². The Morgan fingerprint density at radius 2 is 0.706 bits per heavy atom. The molecule has 0 amide bonds. The second-order valence-corrected chi connectivity index (χ2v) is 6.73. The molecular weight excluding hydrogens is 531 g/mol. The first-order chi connectivity index (χ1) is 15.5. The molecule has 0 atom stereocenters. The maximum atomic E-state index is 7.65. The number of rotatable bonds is 4. The summed E-state index contributed by atoms with van der Waals surface area (Å²) in [6, 6.07) is 28.7. The molecule has 8 heteroatoms. The van der Waals surface area contributed by atoms with E-state index < -0.39 is 0 Å². The number of hydrogen-bond acceptors (Lipinski definition) is 2. The van der Waals surface area contributed by atoms with Crippen LogP contribution in [0.1, 0.15) is 11.1 Å². The van der Waals surface area contributed by atoms with Crippen LogP contribution in [0.3, 0.4) is 0 Å². The summed E-state index contributed by atoms with van der Waals surface area (Å²) >= 11 is 0. The minimum atomic E-state index is 0. The van der Waals surface area contributed by atoms with Crippen molar-refractivity contribution in [1.29, 1.82) is 0 Å². The van der Waals surface area contributed by atoms with E-state index in [1.165, 1.54) is 0 Å². The number of hydrogen-bond donors (Lipinski definition) is 0. The van der Waals surface area contributed by atoms with Gasteiger partial charge in [-0.05, 0) is 24.3 Å². The minimum Gasteiger partial charge on any atom is -0.593 e. The summed E-state index contributed by atoms with van der Waals surface area (Å²) in [6.07, 6.45) is 3.24. The first kappa shape index (κ1) is 28.5. The fourth-order valence-corrected chi connectivity index (χ4v) is 2.67. The van der Waals surface area contributed by atoms with E-state index in [9.17, 15) is 0 Å².